The van der Waals surface area contributed by atoms with Gasteiger partial charge in [-0.05, 0) is 211 Å². The maximum absolute atomic E-state index is 2.30. The van der Waals surface area contributed by atoms with E-state index >= 15 is 0 Å². The van der Waals surface area contributed by atoms with Crippen molar-refractivity contribution < 1.29 is 0 Å². The average Bonchev–Trinajstić information content (AvgIpc) is 1.08. The Bertz CT molecular complexity index is 5730. The molecule has 110 heavy (non-hydrogen) atoms. The van der Waals surface area contributed by atoms with Gasteiger partial charge in [0, 0.05) is 0 Å². The molecule has 0 aromatic heterocycles. The van der Waals surface area contributed by atoms with Gasteiger partial charge in [-0.15, -0.1) is 0 Å². The van der Waals surface area contributed by atoms with Gasteiger partial charge in [-0.1, -0.05) is 444 Å². The molecule has 0 aliphatic heterocycles. The molecule has 0 bridgehead atoms. The van der Waals surface area contributed by atoms with Crippen molar-refractivity contribution in [2.24, 2.45) is 0 Å². The molecule has 0 heterocycles. The Hall–Kier alpha value is -13.3. The van der Waals surface area contributed by atoms with Gasteiger partial charge in [-0.3, -0.25) is 0 Å². The molecule has 0 atom stereocenters. The minimum atomic E-state index is 1.10. The first-order valence-corrected chi connectivity index (χ1v) is 38.8. The standard InChI is InChI=1S/C18H12.C18H14.2C14H10.C13H12.C13H10.C10H8.C8H10.C2H6/c1-2-8-14-13(7-1)15-9-3-4-11-17(15)18-12-6-5-10-16(14)18;1-3-8-15(9-4-1)17-12-7-13-18(14-17)16-10-5-2-6-11-16;1-3-7-13-11(5-1)9-10-12-6-2-4-8-14(12)13;1-2-6-12-10-14-8-4-3-7-13(14)9-11(12)5-1;2*1-3-7-12-10(5-1)9-11-6-2-4-8-13(11)12;1-2-6-10-8-4-3-7-9(10)5-1;1-7-3-5-8(2)6-4-7;1-2/h1-12H;1-14H;2*1-10H;1-3,5-7H,4,8-9H2;1-8H,9H2;1-8H;3-6H,1-2H3;1-2H3. The summed E-state index contributed by atoms with van der Waals surface area (Å²) in [6, 6.07) is 150. The molecule has 3 aliphatic carbocycles. The molecule has 3 aliphatic rings. The molecule has 0 saturated heterocycles. The molecule has 0 unspecified atom stereocenters. The lowest BCUT2D eigenvalue weighted by molar-refractivity contribution is 1.04. The Labute approximate surface area is 649 Å². The van der Waals surface area contributed by atoms with Gasteiger partial charge in [-0.2, -0.15) is 0 Å². The van der Waals surface area contributed by atoms with Crippen molar-refractivity contribution in [2.75, 3.05) is 0 Å². The van der Waals surface area contributed by atoms with Crippen LogP contribution in [-0.2, 0) is 12.8 Å². The summed E-state index contributed by atoms with van der Waals surface area (Å²) in [5, 5.41) is 21.2. The molecule has 22 rings (SSSR count). The van der Waals surface area contributed by atoms with E-state index in [1.54, 1.807) is 11.1 Å². The molecule has 0 spiro atoms. The highest BCUT2D eigenvalue weighted by molar-refractivity contribution is 6.25. The number of fused-ring (bicyclic) bond motifs is 17. The van der Waals surface area contributed by atoms with Gasteiger partial charge in [0.1, 0.15) is 0 Å². The van der Waals surface area contributed by atoms with Crippen molar-refractivity contribution in [2.45, 2.75) is 53.4 Å². The maximum atomic E-state index is 2.30. The topological polar surface area (TPSA) is 0 Å². The highest BCUT2D eigenvalue weighted by Crippen LogP contribution is 2.40. The number of hydrogen-bond acceptors (Lipinski definition) is 0. The van der Waals surface area contributed by atoms with Gasteiger partial charge in [0.2, 0.25) is 0 Å². The zero-order valence-corrected chi connectivity index (χ0v) is 63.4. The van der Waals surface area contributed by atoms with Crippen LogP contribution in [0.1, 0.15) is 60.1 Å². The third-order valence-electron chi connectivity index (χ3n) is 20.6. The van der Waals surface area contributed by atoms with Crippen LogP contribution in [0.25, 0.3) is 125 Å². The lowest BCUT2D eigenvalue weighted by Crippen LogP contribution is -1.87. The first-order valence-electron chi connectivity index (χ1n) is 38.8. The van der Waals surface area contributed by atoms with Crippen molar-refractivity contribution in [3.63, 3.8) is 0 Å². The van der Waals surface area contributed by atoms with Gasteiger partial charge < -0.3 is 0 Å². The number of aryl methyl sites for hydroxylation is 2. The summed E-state index contributed by atoms with van der Waals surface area (Å²) < 4.78 is 0. The molecular weight excluding hydrogens is 1320 g/mol. The third-order valence-corrected chi connectivity index (χ3v) is 20.6. The average molecular weight is 1410 g/mol. The molecule has 19 aromatic rings. The van der Waals surface area contributed by atoms with Gasteiger partial charge in [-0.25, -0.2) is 0 Å². The highest BCUT2D eigenvalue weighted by Gasteiger charge is 2.20. The molecule has 0 heteroatoms. The quantitative estimate of drug-likeness (QED) is 0.120. The second-order valence-electron chi connectivity index (χ2n) is 27.8. The summed E-state index contributed by atoms with van der Waals surface area (Å²) >= 11 is 0. The fraction of sp³-hybridized carbons (Fsp3) is 0.0727. The lowest BCUT2D eigenvalue weighted by Gasteiger charge is -2.09. The van der Waals surface area contributed by atoms with Crippen LogP contribution in [-0.4, -0.2) is 0 Å². The zero-order valence-electron chi connectivity index (χ0n) is 63.4. The van der Waals surface area contributed by atoms with E-state index in [1.165, 1.54) is 166 Å². The summed E-state index contributed by atoms with van der Waals surface area (Å²) in [5.74, 6) is 0. The summed E-state index contributed by atoms with van der Waals surface area (Å²) in [6.45, 7) is 8.19. The normalized spacial score (nSPS) is 11.6. The monoisotopic (exact) mass is 1410 g/mol. The SMILES string of the molecule is C1=CC2=C(CC1)c1ccccc1C2.CC.Cc1ccc(C)cc1.c1ccc(-c2cccc(-c3ccccc3)c2)cc1.c1ccc2c(c1)Cc1ccccc1-2.c1ccc2c(c1)c1ccccc1c1ccccc21.c1ccc2c(c1)ccc1ccccc12.c1ccc2cc3ccccc3cc2c1.c1ccc2ccccc2c1. The molecule has 0 saturated carbocycles. The fourth-order valence-corrected chi connectivity index (χ4v) is 15.0. The number of hydrogen-bond donors (Lipinski definition) is 0. The third kappa shape index (κ3) is 18.1. The van der Waals surface area contributed by atoms with Crippen LogP contribution < -0.4 is 0 Å². The number of rotatable bonds is 2. The molecule has 532 valence electrons. The van der Waals surface area contributed by atoms with Crippen molar-refractivity contribution in [1.82, 2.24) is 0 Å². The zero-order chi connectivity index (χ0) is 75.1. The summed E-state index contributed by atoms with van der Waals surface area (Å²) in [4.78, 5) is 0. The fourth-order valence-electron chi connectivity index (χ4n) is 15.0. The Kier molecular flexibility index (Phi) is 24.7. The van der Waals surface area contributed by atoms with Crippen molar-refractivity contribution >= 4 is 91.8 Å². The van der Waals surface area contributed by atoms with Gasteiger partial charge in [0.25, 0.3) is 0 Å². The Morgan fingerprint density at radius 3 is 0.855 bits per heavy atom. The summed E-state index contributed by atoms with van der Waals surface area (Å²) in [7, 11) is 0. The molecule has 0 fully saturated rings. The van der Waals surface area contributed by atoms with Crippen LogP contribution in [0.5, 0.6) is 0 Å². The summed E-state index contributed by atoms with van der Waals surface area (Å²) in [5.41, 5.74) is 19.6. The first-order chi connectivity index (χ1) is 54.4. The minimum Gasteiger partial charge on any atom is -0.0839 e. The molecule has 0 radical (unpaired) electrons. The Morgan fingerprint density at radius 1 is 0.200 bits per heavy atom. The van der Waals surface area contributed by atoms with E-state index in [4.69, 9.17) is 0 Å². The predicted molar refractivity (Wildman–Crippen MR) is 481 cm³/mol. The Balaban J connectivity index is 0.000000105. The molecule has 0 nitrogen and oxygen atoms in total. The predicted octanol–water partition coefficient (Wildman–Crippen LogP) is 30.9. The molecule has 19 aromatic carbocycles. The largest absolute Gasteiger partial charge is 0.0839 e. The van der Waals surface area contributed by atoms with Crippen molar-refractivity contribution in [3.8, 4) is 33.4 Å². The van der Waals surface area contributed by atoms with Gasteiger partial charge in [0.15, 0.2) is 0 Å². The molecule has 0 N–H and O–H groups in total. The van der Waals surface area contributed by atoms with Crippen molar-refractivity contribution in [1.29, 1.82) is 0 Å². The van der Waals surface area contributed by atoms with Gasteiger partial charge >= 0.3 is 0 Å². The highest BCUT2D eigenvalue weighted by atomic mass is 14.2. The van der Waals surface area contributed by atoms with Crippen LogP contribution >= 0.6 is 0 Å². The number of benzene rings is 19. The van der Waals surface area contributed by atoms with Crippen molar-refractivity contribution in [3.05, 3.63) is 476 Å². The maximum Gasteiger partial charge on any atom is -0.00135 e. The van der Waals surface area contributed by atoms with E-state index in [-0.39, 0.29) is 0 Å². The number of allylic oxidation sites excluding steroid dienone is 4. The van der Waals surface area contributed by atoms with E-state index in [2.05, 4.69) is 439 Å². The smallest absolute Gasteiger partial charge is 0.00135 e. The van der Waals surface area contributed by atoms with E-state index in [0.717, 1.165) is 12.8 Å². The van der Waals surface area contributed by atoms with Crippen LogP contribution in [0.3, 0.4) is 0 Å². The van der Waals surface area contributed by atoms with Crippen LogP contribution in [0, 0.1) is 13.8 Å². The lowest BCUT2D eigenvalue weighted by atomic mass is 9.95. The second kappa shape index (κ2) is 36.8. The van der Waals surface area contributed by atoms with E-state index in [0.29, 0.717) is 0 Å². The Morgan fingerprint density at radius 2 is 0.482 bits per heavy atom. The first kappa shape index (κ1) is 73.6. The molecule has 0 amide bonds. The minimum absolute atomic E-state index is 1.10. The molecular formula is C110H92. The summed E-state index contributed by atoms with van der Waals surface area (Å²) in [6.07, 6.45) is 9.31. The van der Waals surface area contributed by atoms with Crippen LogP contribution in [0.4, 0.5) is 0 Å². The second-order valence-corrected chi connectivity index (χ2v) is 27.8. The van der Waals surface area contributed by atoms with E-state index < -0.39 is 0 Å². The van der Waals surface area contributed by atoms with Crippen LogP contribution in [0.2, 0.25) is 0 Å². The van der Waals surface area contributed by atoms with E-state index in [9.17, 15) is 0 Å². The van der Waals surface area contributed by atoms with Gasteiger partial charge in [0.05, 0.1) is 0 Å². The van der Waals surface area contributed by atoms with E-state index in [1.807, 2.05) is 26.0 Å². The van der Waals surface area contributed by atoms with Crippen LogP contribution in [0.15, 0.2) is 442 Å².